The molecule has 1 amide bonds. The number of hydrogen-bond donors (Lipinski definition) is 3. The van der Waals surface area contributed by atoms with Crippen LogP contribution >= 0.6 is 0 Å². The average Bonchev–Trinajstić information content (AvgIpc) is 2.72. The van der Waals surface area contributed by atoms with E-state index in [4.69, 9.17) is 0 Å². The van der Waals surface area contributed by atoms with Crippen molar-refractivity contribution in [3.63, 3.8) is 0 Å². The van der Waals surface area contributed by atoms with E-state index in [0.29, 0.717) is 29.7 Å². The van der Waals surface area contributed by atoms with E-state index >= 15 is 0 Å². The molecule has 1 saturated carbocycles. The standard InChI is InChI=1S/C27H35NO3/c1-17(2)21-14-19-8-11-24-26(3,12-5-13-27(24,4)22(19)15-23(21)30)16-28-25(31)18-6-9-20(29)10-7-18/h6-7,9-10,14-15,17,24,29-30H,5,8,11-13,16H2,1-4H3,(H,28,31)/t24-,26-,27+/m0/s1. The molecule has 2 aromatic carbocycles. The van der Waals surface area contributed by atoms with Crippen molar-refractivity contribution in [3.8, 4) is 11.5 Å². The van der Waals surface area contributed by atoms with Gasteiger partial charge in [0.05, 0.1) is 0 Å². The predicted molar refractivity (Wildman–Crippen MR) is 124 cm³/mol. The van der Waals surface area contributed by atoms with Crippen LogP contribution in [0.25, 0.3) is 0 Å². The van der Waals surface area contributed by atoms with Gasteiger partial charge in [-0.25, -0.2) is 0 Å². The topological polar surface area (TPSA) is 69.6 Å². The Hall–Kier alpha value is -2.49. The molecule has 2 aliphatic rings. The van der Waals surface area contributed by atoms with Crippen molar-refractivity contribution in [2.45, 2.75) is 71.1 Å². The molecule has 4 heteroatoms. The first kappa shape index (κ1) is 21.7. The first-order valence-corrected chi connectivity index (χ1v) is 11.6. The van der Waals surface area contributed by atoms with Crippen LogP contribution in [0, 0.1) is 11.3 Å². The Bertz CT molecular complexity index is 981. The first-order valence-electron chi connectivity index (χ1n) is 11.6. The van der Waals surface area contributed by atoms with Crippen molar-refractivity contribution >= 4 is 5.91 Å². The molecule has 4 rings (SSSR count). The minimum Gasteiger partial charge on any atom is -0.508 e. The van der Waals surface area contributed by atoms with Crippen molar-refractivity contribution in [2.75, 3.05) is 6.54 Å². The van der Waals surface area contributed by atoms with Gasteiger partial charge in [-0.1, -0.05) is 40.2 Å². The molecule has 31 heavy (non-hydrogen) atoms. The predicted octanol–water partition coefficient (Wildman–Crippen LogP) is 5.66. The van der Waals surface area contributed by atoms with Gasteiger partial charge in [0.15, 0.2) is 0 Å². The molecule has 0 aromatic heterocycles. The Labute approximate surface area is 185 Å². The van der Waals surface area contributed by atoms with Gasteiger partial charge in [-0.3, -0.25) is 4.79 Å². The van der Waals surface area contributed by atoms with Gasteiger partial charge in [0.2, 0.25) is 0 Å². The number of aryl methyl sites for hydroxylation is 1. The molecule has 0 spiro atoms. The van der Waals surface area contributed by atoms with Crippen LogP contribution in [0.15, 0.2) is 36.4 Å². The summed E-state index contributed by atoms with van der Waals surface area (Å²) in [5.74, 6) is 1.25. The minimum atomic E-state index is -0.0936. The normalized spacial score (nSPS) is 27.5. The molecule has 166 valence electrons. The lowest BCUT2D eigenvalue weighted by atomic mass is 9.49. The molecule has 3 atom stereocenters. The first-order chi connectivity index (χ1) is 14.6. The third-order valence-electron chi connectivity index (χ3n) is 8.03. The molecule has 0 saturated heterocycles. The SMILES string of the molecule is CC(C)c1cc2c(cc1O)[C@@]1(C)CCC[C@@](C)(CNC(=O)c3ccc(O)cc3)[C@@H]1CC2. The van der Waals surface area contributed by atoms with Crippen LogP contribution in [0.4, 0.5) is 0 Å². The van der Waals surface area contributed by atoms with Gasteiger partial charge in [0, 0.05) is 12.1 Å². The van der Waals surface area contributed by atoms with Crippen LogP contribution in [-0.4, -0.2) is 22.7 Å². The summed E-state index contributed by atoms with van der Waals surface area (Å²) in [5, 5.41) is 23.4. The Morgan fingerprint density at radius 3 is 2.52 bits per heavy atom. The lowest BCUT2D eigenvalue weighted by molar-refractivity contribution is 0.0253. The number of nitrogens with one attached hydrogen (secondary N) is 1. The lowest BCUT2D eigenvalue weighted by Gasteiger charge is -2.55. The molecule has 0 aliphatic heterocycles. The van der Waals surface area contributed by atoms with E-state index in [0.717, 1.165) is 37.7 Å². The summed E-state index contributed by atoms with van der Waals surface area (Å²) in [4.78, 5) is 12.7. The number of rotatable bonds is 4. The van der Waals surface area contributed by atoms with Crippen LogP contribution < -0.4 is 5.32 Å². The molecule has 1 fully saturated rings. The molecule has 2 aromatic rings. The van der Waals surface area contributed by atoms with Gasteiger partial charge in [-0.2, -0.15) is 0 Å². The number of phenolic OH excluding ortho intramolecular Hbond substituents is 2. The fourth-order valence-corrected chi connectivity index (χ4v) is 6.33. The van der Waals surface area contributed by atoms with Crippen molar-refractivity contribution in [2.24, 2.45) is 11.3 Å². The van der Waals surface area contributed by atoms with Gasteiger partial charge in [0.1, 0.15) is 11.5 Å². The van der Waals surface area contributed by atoms with Crippen LogP contribution in [0.5, 0.6) is 11.5 Å². The maximum absolute atomic E-state index is 12.7. The number of carbonyl (C=O) groups is 1. The van der Waals surface area contributed by atoms with E-state index in [2.05, 4.69) is 39.1 Å². The second-order valence-corrected chi connectivity index (χ2v) is 10.5. The van der Waals surface area contributed by atoms with E-state index in [9.17, 15) is 15.0 Å². The molecule has 3 N–H and O–H groups in total. The monoisotopic (exact) mass is 421 g/mol. The van der Waals surface area contributed by atoms with Crippen LogP contribution in [0.3, 0.4) is 0 Å². The second-order valence-electron chi connectivity index (χ2n) is 10.5. The number of benzene rings is 2. The number of aromatic hydroxyl groups is 2. The van der Waals surface area contributed by atoms with E-state index in [1.54, 1.807) is 24.3 Å². The third-order valence-corrected chi connectivity index (χ3v) is 8.03. The highest BCUT2D eigenvalue weighted by Crippen LogP contribution is 2.57. The van der Waals surface area contributed by atoms with Gasteiger partial charge >= 0.3 is 0 Å². The fourth-order valence-electron chi connectivity index (χ4n) is 6.33. The molecule has 0 heterocycles. The lowest BCUT2D eigenvalue weighted by Crippen LogP contribution is -2.53. The highest BCUT2D eigenvalue weighted by Gasteiger charge is 2.51. The number of carbonyl (C=O) groups excluding carboxylic acids is 1. The fraction of sp³-hybridized carbons (Fsp3) is 0.519. The zero-order valence-electron chi connectivity index (χ0n) is 19.2. The van der Waals surface area contributed by atoms with E-state index in [1.807, 2.05) is 6.07 Å². The number of amides is 1. The molecular weight excluding hydrogens is 386 g/mol. The molecule has 2 aliphatic carbocycles. The molecule has 0 radical (unpaired) electrons. The largest absolute Gasteiger partial charge is 0.508 e. The van der Waals surface area contributed by atoms with E-state index in [-0.39, 0.29) is 22.5 Å². The summed E-state index contributed by atoms with van der Waals surface area (Å²) in [7, 11) is 0. The summed E-state index contributed by atoms with van der Waals surface area (Å²) < 4.78 is 0. The maximum Gasteiger partial charge on any atom is 0.251 e. The maximum atomic E-state index is 12.7. The molecular formula is C27H35NO3. The van der Waals surface area contributed by atoms with Crippen LogP contribution in [-0.2, 0) is 11.8 Å². The summed E-state index contributed by atoms with van der Waals surface area (Å²) in [5.41, 5.74) is 4.32. The Kier molecular flexibility index (Phi) is 5.53. The van der Waals surface area contributed by atoms with Crippen molar-refractivity contribution in [1.82, 2.24) is 5.32 Å². The summed E-state index contributed by atoms with van der Waals surface area (Å²) in [6, 6.07) is 10.7. The Morgan fingerprint density at radius 1 is 1.13 bits per heavy atom. The van der Waals surface area contributed by atoms with Crippen molar-refractivity contribution in [3.05, 3.63) is 58.7 Å². The molecule has 0 unspecified atom stereocenters. The van der Waals surface area contributed by atoms with Gasteiger partial charge in [0.25, 0.3) is 5.91 Å². The molecule has 4 nitrogen and oxygen atoms in total. The zero-order chi connectivity index (χ0) is 22.4. The second kappa shape index (κ2) is 7.89. The summed E-state index contributed by atoms with van der Waals surface area (Å²) >= 11 is 0. The van der Waals surface area contributed by atoms with E-state index in [1.165, 1.54) is 11.1 Å². The summed E-state index contributed by atoms with van der Waals surface area (Å²) in [6.07, 6.45) is 5.46. The quantitative estimate of drug-likeness (QED) is 0.596. The van der Waals surface area contributed by atoms with Crippen LogP contribution in [0.1, 0.15) is 86.3 Å². The zero-order valence-corrected chi connectivity index (χ0v) is 19.2. The van der Waals surface area contributed by atoms with Gasteiger partial charge < -0.3 is 15.5 Å². The number of hydrogen-bond acceptors (Lipinski definition) is 3. The smallest absolute Gasteiger partial charge is 0.251 e. The van der Waals surface area contributed by atoms with Crippen molar-refractivity contribution in [1.29, 1.82) is 0 Å². The van der Waals surface area contributed by atoms with E-state index < -0.39 is 0 Å². The van der Waals surface area contributed by atoms with Gasteiger partial charge in [-0.05, 0) is 95.4 Å². The Balaban J connectivity index is 1.59. The van der Waals surface area contributed by atoms with Gasteiger partial charge in [-0.15, -0.1) is 0 Å². The number of phenols is 2. The Morgan fingerprint density at radius 2 is 1.84 bits per heavy atom. The minimum absolute atomic E-state index is 0.00358. The highest BCUT2D eigenvalue weighted by atomic mass is 16.3. The third kappa shape index (κ3) is 3.81. The summed E-state index contributed by atoms with van der Waals surface area (Å²) in [6.45, 7) is 9.58. The number of fused-ring (bicyclic) bond motifs is 3. The highest BCUT2D eigenvalue weighted by molar-refractivity contribution is 5.94. The van der Waals surface area contributed by atoms with Crippen LogP contribution in [0.2, 0.25) is 0 Å². The average molecular weight is 422 g/mol. The molecule has 0 bridgehead atoms. The van der Waals surface area contributed by atoms with Crippen molar-refractivity contribution < 1.29 is 15.0 Å².